The van der Waals surface area contributed by atoms with E-state index < -0.39 is 16.0 Å². The van der Waals surface area contributed by atoms with E-state index in [9.17, 15) is 13.2 Å². The minimum atomic E-state index is -3.53. The van der Waals surface area contributed by atoms with Crippen LogP contribution in [0.4, 0.5) is 0 Å². The predicted octanol–water partition coefficient (Wildman–Crippen LogP) is -0.279. The molecule has 0 spiro atoms. The van der Waals surface area contributed by atoms with Gasteiger partial charge in [-0.15, -0.1) is 0 Å². The van der Waals surface area contributed by atoms with Crippen LogP contribution in [0.15, 0.2) is 29.2 Å². The average molecular weight is 478 g/mol. The summed E-state index contributed by atoms with van der Waals surface area (Å²) < 4.78 is 26.2. The van der Waals surface area contributed by atoms with Gasteiger partial charge in [-0.3, -0.25) is 0 Å². The first-order valence-electron chi connectivity index (χ1n) is 6.27. The summed E-state index contributed by atoms with van der Waals surface area (Å²) in [4.78, 5) is 10.9. The van der Waals surface area contributed by atoms with Crippen LogP contribution in [0.2, 0.25) is 0 Å². The summed E-state index contributed by atoms with van der Waals surface area (Å²) in [7, 11) is -3.53. The second kappa shape index (κ2) is 14.1. The van der Waals surface area contributed by atoms with Crippen molar-refractivity contribution in [3.05, 3.63) is 29.8 Å². The first kappa shape index (κ1) is 30.5. The Morgan fingerprint density at radius 2 is 1.39 bits per heavy atom. The van der Waals surface area contributed by atoms with Gasteiger partial charge in [0.05, 0.1) is 10.5 Å². The Hall–Kier alpha value is -0.325. The van der Waals surface area contributed by atoms with Crippen LogP contribution in [0.3, 0.4) is 0 Å². The Balaban J connectivity index is -0.000000451. The average Bonchev–Trinajstić information content (AvgIpc) is 2.38. The molecule has 0 amide bonds. The monoisotopic (exact) mass is 478 g/mol. The van der Waals surface area contributed by atoms with Crippen molar-refractivity contribution in [3.63, 3.8) is 0 Å². The molecule has 0 fully saturated rings. The van der Waals surface area contributed by atoms with Crippen molar-refractivity contribution >= 4 is 16.0 Å². The molecule has 0 saturated heterocycles. The van der Waals surface area contributed by atoms with Crippen LogP contribution in [0.25, 0.3) is 0 Å². The van der Waals surface area contributed by atoms with Gasteiger partial charge in [-0.1, -0.05) is 13.8 Å². The van der Waals surface area contributed by atoms with Gasteiger partial charge < -0.3 is 21.5 Å². The van der Waals surface area contributed by atoms with Crippen molar-refractivity contribution in [2.24, 2.45) is 0 Å². The summed E-state index contributed by atoms with van der Waals surface area (Å²) in [5.74, 6) is -1.07. The maximum atomic E-state index is 12.4. The Kier molecular flexibility index (Phi) is 18.7. The van der Waals surface area contributed by atoms with Gasteiger partial charge in [-0.05, 0) is 37.1 Å². The quantitative estimate of drug-likeness (QED) is 0.569. The van der Waals surface area contributed by atoms with Gasteiger partial charge in [0.1, 0.15) is 0 Å². The molecule has 1 aromatic carbocycles. The van der Waals surface area contributed by atoms with E-state index in [0.717, 1.165) is 12.8 Å². The van der Waals surface area contributed by atoms with Crippen molar-refractivity contribution in [1.82, 2.24) is 4.31 Å². The third-order valence-electron chi connectivity index (χ3n) is 2.69. The maximum absolute atomic E-state index is 12.4. The summed E-state index contributed by atoms with van der Waals surface area (Å²) in [6.07, 6.45) is 1.48. The fraction of sp³-hybridized carbons (Fsp3) is 0.462. The molecule has 7 N–H and O–H groups in total. The molecule has 0 aliphatic carbocycles. The van der Waals surface area contributed by atoms with Crippen LogP contribution in [0.5, 0.6) is 0 Å². The van der Waals surface area contributed by atoms with Crippen molar-refractivity contribution in [3.8, 4) is 0 Å². The number of sulfonamides is 1. The second-order valence-corrected chi connectivity index (χ2v) is 6.17. The van der Waals surface area contributed by atoms with E-state index in [0.29, 0.717) is 13.1 Å². The molecule has 1 radical (unpaired) electrons. The zero-order valence-electron chi connectivity index (χ0n) is 13.2. The van der Waals surface area contributed by atoms with Crippen LogP contribution in [-0.4, -0.2) is 53.3 Å². The van der Waals surface area contributed by atoms with E-state index in [-0.39, 0.29) is 62.5 Å². The van der Waals surface area contributed by atoms with E-state index in [2.05, 4.69) is 0 Å². The van der Waals surface area contributed by atoms with Gasteiger partial charge in [-0.2, -0.15) is 4.31 Å². The maximum Gasteiger partial charge on any atom is 0.335 e. The molecule has 0 aromatic heterocycles. The van der Waals surface area contributed by atoms with E-state index in [4.69, 9.17) is 5.11 Å². The van der Waals surface area contributed by atoms with Gasteiger partial charge in [-0.25, -0.2) is 13.2 Å². The predicted molar refractivity (Wildman–Crippen MR) is 83.6 cm³/mol. The van der Waals surface area contributed by atoms with Gasteiger partial charge in [0, 0.05) is 48.7 Å². The third-order valence-corrected chi connectivity index (χ3v) is 4.60. The third kappa shape index (κ3) is 8.36. The minimum absolute atomic E-state index is 0. The van der Waals surface area contributed by atoms with Gasteiger partial charge in [0.2, 0.25) is 10.0 Å². The number of hydrogen-bond acceptors (Lipinski definition) is 3. The fourth-order valence-corrected chi connectivity index (χ4v) is 3.39. The molecule has 0 bridgehead atoms. The summed E-state index contributed by atoms with van der Waals surface area (Å²) in [5.41, 5.74) is 0.0801. The van der Waals surface area contributed by atoms with Crippen LogP contribution < -0.4 is 0 Å². The SMILES string of the molecule is CCCN(CCC)S(=O)(=O)c1ccc(C(=O)O)cc1.O.O.O.[La]. The molecule has 133 valence electrons. The molecule has 0 atom stereocenters. The van der Waals surface area contributed by atoms with E-state index in [1.165, 1.54) is 28.6 Å². The molecule has 23 heavy (non-hydrogen) atoms. The molecular weight excluding hydrogens is 453 g/mol. The Bertz CT molecular complexity index is 528. The topological polar surface area (TPSA) is 169 Å². The van der Waals surface area contributed by atoms with E-state index >= 15 is 0 Å². The number of carbonyl (C=O) groups is 1. The van der Waals surface area contributed by atoms with E-state index in [1.54, 1.807) is 0 Å². The molecule has 0 aliphatic heterocycles. The van der Waals surface area contributed by atoms with E-state index in [1.807, 2.05) is 13.8 Å². The smallest absolute Gasteiger partial charge is 0.335 e. The summed E-state index contributed by atoms with van der Waals surface area (Å²) in [5, 5.41) is 8.80. The fourth-order valence-electron chi connectivity index (χ4n) is 1.77. The van der Waals surface area contributed by atoms with Gasteiger partial charge in [0.25, 0.3) is 0 Å². The van der Waals surface area contributed by atoms with Crippen LogP contribution in [-0.2, 0) is 10.0 Å². The van der Waals surface area contributed by atoms with Crippen molar-refractivity contribution in [2.75, 3.05) is 13.1 Å². The number of benzene rings is 1. The first-order valence-corrected chi connectivity index (χ1v) is 7.71. The molecule has 0 unspecified atom stereocenters. The van der Waals surface area contributed by atoms with Crippen LogP contribution in [0, 0.1) is 35.6 Å². The summed E-state index contributed by atoms with van der Waals surface area (Å²) in [6.45, 7) is 4.78. The number of carboxylic acids is 1. The Morgan fingerprint density at radius 1 is 1.00 bits per heavy atom. The van der Waals surface area contributed by atoms with Crippen LogP contribution in [0.1, 0.15) is 37.0 Å². The van der Waals surface area contributed by atoms with Crippen molar-refractivity contribution in [1.29, 1.82) is 0 Å². The zero-order chi connectivity index (χ0) is 14.5. The summed E-state index contributed by atoms with van der Waals surface area (Å²) in [6, 6.07) is 5.31. The first-order chi connectivity index (χ1) is 8.93. The summed E-state index contributed by atoms with van der Waals surface area (Å²) >= 11 is 0. The van der Waals surface area contributed by atoms with Crippen molar-refractivity contribution in [2.45, 2.75) is 31.6 Å². The molecule has 1 aromatic rings. The van der Waals surface area contributed by atoms with Crippen LogP contribution >= 0.6 is 0 Å². The second-order valence-electron chi connectivity index (χ2n) is 4.23. The number of aromatic carboxylic acids is 1. The van der Waals surface area contributed by atoms with Gasteiger partial charge >= 0.3 is 5.97 Å². The molecule has 0 saturated carbocycles. The zero-order valence-corrected chi connectivity index (χ0v) is 17.7. The number of rotatable bonds is 7. The van der Waals surface area contributed by atoms with Crippen molar-refractivity contribution < 1.29 is 70.3 Å². The molecule has 0 aliphatic rings. The Morgan fingerprint density at radius 3 is 1.70 bits per heavy atom. The number of hydrogen-bond donors (Lipinski definition) is 1. The normalized spacial score (nSPS) is 9.70. The molecule has 0 heterocycles. The number of carboxylic acid groups (broad SMARTS) is 1. The molecule has 8 nitrogen and oxygen atoms in total. The standard InChI is InChI=1S/C13H19NO4S.La.3H2O/c1-3-9-14(10-4-2)19(17,18)12-7-5-11(6-8-12)13(15)16;;;;/h5-8H,3-4,9-10H2,1-2H3,(H,15,16);;3*1H2. The largest absolute Gasteiger partial charge is 0.478 e. The number of nitrogens with zero attached hydrogens (tertiary/aromatic N) is 1. The molecule has 1 rings (SSSR count). The molecular formula is C13H25LaNO7S. The molecule has 10 heteroatoms. The minimum Gasteiger partial charge on any atom is -0.478 e. The van der Waals surface area contributed by atoms with Gasteiger partial charge in [0.15, 0.2) is 0 Å². The Labute approximate surface area is 164 Å².